The van der Waals surface area contributed by atoms with E-state index in [0.717, 1.165) is 12.1 Å². The monoisotopic (exact) mass is 268 g/mol. The van der Waals surface area contributed by atoms with Crippen molar-refractivity contribution in [2.75, 3.05) is 5.32 Å². The van der Waals surface area contributed by atoms with E-state index in [-0.39, 0.29) is 21.8 Å². The second-order valence-electron chi connectivity index (χ2n) is 2.63. The van der Waals surface area contributed by atoms with Gasteiger partial charge in [-0.2, -0.15) is 0 Å². The summed E-state index contributed by atoms with van der Waals surface area (Å²) in [5.74, 6) is -0.350. The lowest BCUT2D eigenvalue weighted by Crippen LogP contribution is -2.08. The van der Waals surface area contributed by atoms with Crippen LogP contribution in [0.4, 0.5) is 5.82 Å². The Morgan fingerprint density at radius 1 is 1.47 bits per heavy atom. The number of aromatic nitrogens is 1. The fraction of sp³-hybridized carbons (Fsp3) is 0.143. The molecule has 0 fully saturated rings. The summed E-state index contributed by atoms with van der Waals surface area (Å²) in [6.45, 7) is 1.26. The Morgan fingerprint density at radius 3 is 2.53 bits per heavy atom. The Hall–Kier alpha value is -0.850. The van der Waals surface area contributed by atoms with E-state index in [1.807, 2.05) is 0 Å². The number of nitrogens with zero attached hydrogens (tertiary/aromatic N) is 1. The summed E-state index contributed by atoms with van der Waals surface area (Å²) in [5, 5.41) is 2.23. The highest BCUT2D eigenvalue weighted by molar-refractivity contribution is 8.13. The highest BCUT2D eigenvalue weighted by atomic mass is 35.7. The number of halogens is 2. The van der Waals surface area contributed by atoms with E-state index in [2.05, 4.69) is 10.3 Å². The van der Waals surface area contributed by atoms with Gasteiger partial charge < -0.3 is 5.32 Å². The van der Waals surface area contributed by atoms with E-state index in [1.54, 1.807) is 0 Å². The normalized spacial score (nSPS) is 11.1. The highest BCUT2D eigenvalue weighted by Gasteiger charge is 2.13. The van der Waals surface area contributed by atoms with Gasteiger partial charge in [0.25, 0.3) is 9.05 Å². The van der Waals surface area contributed by atoms with Crippen LogP contribution in [0, 0.1) is 0 Å². The molecule has 1 amide bonds. The Labute approximate surface area is 95.8 Å². The zero-order valence-electron chi connectivity index (χ0n) is 7.49. The predicted octanol–water partition coefficient (Wildman–Crippen LogP) is 1.62. The first-order chi connectivity index (χ1) is 6.79. The first-order valence-corrected chi connectivity index (χ1v) is 6.37. The van der Waals surface area contributed by atoms with Crippen molar-refractivity contribution < 1.29 is 13.2 Å². The van der Waals surface area contributed by atoms with Crippen LogP contribution in [-0.4, -0.2) is 19.3 Å². The molecule has 0 saturated heterocycles. The molecule has 0 unspecified atom stereocenters. The molecular formula is C7H6Cl2N2O3S. The standard InChI is InChI=1S/C7H6Cl2N2O3S/c1-4(12)10-7-3-5(15(9,13)14)2-6(8)11-7/h2-3H,1H3,(H,10,11,12). The Morgan fingerprint density at radius 2 is 2.07 bits per heavy atom. The first-order valence-electron chi connectivity index (χ1n) is 3.69. The molecule has 1 rings (SSSR count). The van der Waals surface area contributed by atoms with Gasteiger partial charge in [0.05, 0.1) is 4.90 Å². The molecule has 0 aliphatic carbocycles. The Balaban J connectivity index is 3.23. The smallest absolute Gasteiger partial charge is 0.261 e. The third kappa shape index (κ3) is 3.65. The molecule has 0 saturated carbocycles. The zero-order valence-corrected chi connectivity index (χ0v) is 9.82. The molecule has 1 heterocycles. The molecule has 1 aromatic rings. The largest absolute Gasteiger partial charge is 0.311 e. The maximum Gasteiger partial charge on any atom is 0.261 e. The lowest BCUT2D eigenvalue weighted by Gasteiger charge is -2.03. The van der Waals surface area contributed by atoms with Crippen molar-refractivity contribution in [2.45, 2.75) is 11.8 Å². The summed E-state index contributed by atoms with van der Waals surface area (Å²) in [6, 6.07) is 2.21. The molecule has 1 aromatic heterocycles. The topological polar surface area (TPSA) is 76.1 Å². The molecule has 1 N–H and O–H groups in total. The first kappa shape index (κ1) is 12.2. The van der Waals surface area contributed by atoms with Gasteiger partial charge in [-0.3, -0.25) is 4.79 Å². The lowest BCUT2D eigenvalue weighted by atomic mass is 10.4. The van der Waals surface area contributed by atoms with Gasteiger partial charge in [-0.1, -0.05) is 11.6 Å². The van der Waals surface area contributed by atoms with Crippen molar-refractivity contribution >= 4 is 43.1 Å². The van der Waals surface area contributed by atoms with Crippen molar-refractivity contribution in [3.05, 3.63) is 17.3 Å². The third-order valence-corrected chi connectivity index (χ3v) is 2.88. The SMILES string of the molecule is CC(=O)Nc1cc(S(=O)(=O)Cl)cc(Cl)n1. The van der Waals surface area contributed by atoms with Crippen LogP contribution in [0.1, 0.15) is 6.92 Å². The van der Waals surface area contributed by atoms with E-state index in [0.29, 0.717) is 0 Å². The van der Waals surface area contributed by atoms with E-state index in [1.165, 1.54) is 6.92 Å². The van der Waals surface area contributed by atoms with Gasteiger partial charge in [0, 0.05) is 23.7 Å². The Kier molecular flexibility index (Phi) is 3.54. The summed E-state index contributed by atoms with van der Waals surface area (Å²) in [7, 11) is 1.23. The molecule has 5 nitrogen and oxygen atoms in total. The van der Waals surface area contributed by atoms with Crippen LogP contribution in [0.3, 0.4) is 0 Å². The van der Waals surface area contributed by atoms with E-state index >= 15 is 0 Å². The molecule has 0 aromatic carbocycles. The van der Waals surface area contributed by atoms with Crippen LogP contribution in [0.2, 0.25) is 5.15 Å². The molecule has 15 heavy (non-hydrogen) atoms. The van der Waals surface area contributed by atoms with Gasteiger partial charge >= 0.3 is 0 Å². The predicted molar refractivity (Wildman–Crippen MR) is 56.6 cm³/mol. The minimum Gasteiger partial charge on any atom is -0.311 e. The van der Waals surface area contributed by atoms with Crippen LogP contribution in [0.25, 0.3) is 0 Å². The van der Waals surface area contributed by atoms with Crippen molar-refractivity contribution in [1.29, 1.82) is 0 Å². The van der Waals surface area contributed by atoms with Crippen LogP contribution in [0.5, 0.6) is 0 Å². The van der Waals surface area contributed by atoms with Gasteiger partial charge in [0.15, 0.2) is 0 Å². The number of nitrogens with one attached hydrogen (secondary N) is 1. The minimum atomic E-state index is -3.89. The molecule has 0 bridgehead atoms. The fourth-order valence-electron chi connectivity index (χ4n) is 0.859. The molecule has 0 aliphatic rings. The molecule has 0 radical (unpaired) electrons. The molecule has 0 spiro atoms. The third-order valence-electron chi connectivity index (χ3n) is 1.35. The van der Waals surface area contributed by atoms with Crippen molar-refractivity contribution in [2.24, 2.45) is 0 Å². The summed E-state index contributed by atoms with van der Waals surface area (Å²) in [5.41, 5.74) is 0. The number of hydrogen-bond donors (Lipinski definition) is 1. The number of rotatable bonds is 2. The van der Waals surface area contributed by atoms with Crippen LogP contribution >= 0.6 is 22.3 Å². The summed E-state index contributed by atoms with van der Waals surface area (Å²) >= 11 is 5.55. The van der Waals surface area contributed by atoms with Crippen molar-refractivity contribution in [1.82, 2.24) is 4.98 Å². The second-order valence-corrected chi connectivity index (χ2v) is 5.58. The Bertz CT molecular complexity index is 501. The molecule has 8 heteroatoms. The number of hydrogen-bond acceptors (Lipinski definition) is 4. The van der Waals surface area contributed by atoms with Crippen LogP contribution in [0.15, 0.2) is 17.0 Å². The quantitative estimate of drug-likeness (QED) is 0.653. The zero-order chi connectivity index (χ0) is 11.6. The number of pyridine rings is 1. The number of carbonyl (C=O) groups excluding carboxylic acids is 1. The number of carbonyl (C=O) groups is 1. The summed E-state index contributed by atoms with van der Waals surface area (Å²) in [4.78, 5) is 14.2. The van der Waals surface area contributed by atoms with Gasteiger partial charge in [0.2, 0.25) is 5.91 Å². The van der Waals surface area contributed by atoms with E-state index < -0.39 is 9.05 Å². The van der Waals surface area contributed by atoms with Crippen molar-refractivity contribution in [3.8, 4) is 0 Å². The van der Waals surface area contributed by atoms with Crippen molar-refractivity contribution in [3.63, 3.8) is 0 Å². The summed E-state index contributed by atoms with van der Waals surface area (Å²) < 4.78 is 22.0. The van der Waals surface area contributed by atoms with Gasteiger partial charge in [-0.05, 0) is 6.07 Å². The summed E-state index contributed by atoms with van der Waals surface area (Å²) in [6.07, 6.45) is 0. The second kappa shape index (κ2) is 4.34. The number of anilines is 1. The van der Waals surface area contributed by atoms with Gasteiger partial charge in [-0.15, -0.1) is 0 Å². The van der Waals surface area contributed by atoms with Gasteiger partial charge in [-0.25, -0.2) is 13.4 Å². The van der Waals surface area contributed by atoms with Gasteiger partial charge in [0.1, 0.15) is 11.0 Å². The molecule has 0 atom stereocenters. The minimum absolute atomic E-state index is 0.0363. The van der Waals surface area contributed by atoms with E-state index in [4.69, 9.17) is 22.3 Å². The fourth-order valence-corrected chi connectivity index (χ4v) is 1.90. The molecular weight excluding hydrogens is 263 g/mol. The highest BCUT2D eigenvalue weighted by Crippen LogP contribution is 2.21. The maximum atomic E-state index is 11.0. The van der Waals surface area contributed by atoms with E-state index in [9.17, 15) is 13.2 Å². The van der Waals surface area contributed by atoms with Crippen LogP contribution in [-0.2, 0) is 13.8 Å². The van der Waals surface area contributed by atoms with Crippen LogP contribution < -0.4 is 5.32 Å². The average molecular weight is 269 g/mol. The maximum absolute atomic E-state index is 11.0. The number of amides is 1. The lowest BCUT2D eigenvalue weighted by molar-refractivity contribution is -0.114. The molecule has 0 aliphatic heterocycles. The average Bonchev–Trinajstić information content (AvgIpc) is 1.99. The molecule has 82 valence electrons.